The maximum Gasteiger partial charge on any atom is 0.122 e. The molecule has 1 rings (SSSR count). The summed E-state index contributed by atoms with van der Waals surface area (Å²) in [7, 11) is 0. The van der Waals surface area contributed by atoms with Crippen molar-refractivity contribution in [2.24, 2.45) is 0 Å². The predicted octanol–water partition coefficient (Wildman–Crippen LogP) is 1.74. The van der Waals surface area contributed by atoms with E-state index in [1.54, 1.807) is 0 Å². The third-order valence-electron chi connectivity index (χ3n) is 1.90. The molecule has 62 valence electrons. The number of hydrogen-bond donors (Lipinski definition) is 1. The van der Waals surface area contributed by atoms with Crippen molar-refractivity contribution in [3.05, 3.63) is 11.8 Å². The van der Waals surface area contributed by atoms with Crippen LogP contribution in [-0.2, 0) is 0 Å². The lowest BCUT2D eigenvalue weighted by Crippen LogP contribution is -2.08. The standard InChI is InChI=1S/C8H15N3/c1-4-7(3)11-8(9)5-6(2)10-11/h5,7H,4,9H2,1-3H3. The van der Waals surface area contributed by atoms with Crippen LogP contribution in [0, 0.1) is 6.92 Å². The Morgan fingerprint density at radius 1 is 1.73 bits per heavy atom. The third kappa shape index (κ3) is 1.53. The van der Waals surface area contributed by atoms with Gasteiger partial charge in [-0.15, -0.1) is 0 Å². The minimum Gasteiger partial charge on any atom is -0.384 e. The minimum atomic E-state index is 0.406. The van der Waals surface area contributed by atoms with E-state index < -0.39 is 0 Å². The summed E-state index contributed by atoms with van der Waals surface area (Å²) in [5, 5.41) is 4.27. The molecule has 0 bridgehead atoms. The molecule has 0 spiro atoms. The van der Waals surface area contributed by atoms with E-state index >= 15 is 0 Å². The van der Waals surface area contributed by atoms with E-state index in [0.29, 0.717) is 6.04 Å². The average molecular weight is 153 g/mol. The first-order chi connectivity index (χ1) is 5.15. The summed E-state index contributed by atoms with van der Waals surface area (Å²) in [4.78, 5) is 0. The minimum absolute atomic E-state index is 0.406. The molecule has 0 aliphatic heterocycles. The number of hydrogen-bond acceptors (Lipinski definition) is 2. The van der Waals surface area contributed by atoms with Gasteiger partial charge < -0.3 is 5.73 Å². The van der Waals surface area contributed by atoms with Gasteiger partial charge in [0.1, 0.15) is 5.82 Å². The molecule has 1 unspecified atom stereocenters. The van der Waals surface area contributed by atoms with Crippen molar-refractivity contribution in [3.8, 4) is 0 Å². The molecule has 0 aliphatic rings. The Labute approximate surface area is 67.2 Å². The van der Waals surface area contributed by atoms with E-state index in [-0.39, 0.29) is 0 Å². The van der Waals surface area contributed by atoms with Crippen molar-refractivity contribution < 1.29 is 0 Å². The molecule has 1 aromatic rings. The first-order valence-corrected chi connectivity index (χ1v) is 3.96. The highest BCUT2D eigenvalue weighted by Crippen LogP contribution is 2.15. The molecule has 1 aromatic heterocycles. The summed E-state index contributed by atoms with van der Waals surface area (Å²) < 4.78 is 1.87. The van der Waals surface area contributed by atoms with E-state index in [2.05, 4.69) is 18.9 Å². The van der Waals surface area contributed by atoms with E-state index in [0.717, 1.165) is 17.9 Å². The number of anilines is 1. The molecule has 2 N–H and O–H groups in total. The summed E-state index contributed by atoms with van der Waals surface area (Å²) in [5.41, 5.74) is 6.71. The molecule has 0 aliphatic carbocycles. The van der Waals surface area contributed by atoms with Crippen LogP contribution in [0.5, 0.6) is 0 Å². The van der Waals surface area contributed by atoms with Crippen molar-refractivity contribution >= 4 is 5.82 Å². The predicted molar refractivity (Wildman–Crippen MR) is 46.4 cm³/mol. The van der Waals surface area contributed by atoms with Gasteiger partial charge in [-0.1, -0.05) is 6.92 Å². The normalized spacial score (nSPS) is 13.4. The molecular weight excluding hydrogens is 138 g/mol. The summed E-state index contributed by atoms with van der Waals surface area (Å²) in [5.74, 6) is 0.761. The molecule has 0 fully saturated rings. The number of nitrogens with two attached hydrogens (primary N) is 1. The van der Waals surface area contributed by atoms with Crippen LogP contribution >= 0.6 is 0 Å². The van der Waals surface area contributed by atoms with Crippen molar-refractivity contribution in [2.45, 2.75) is 33.2 Å². The topological polar surface area (TPSA) is 43.8 Å². The Balaban J connectivity index is 2.93. The van der Waals surface area contributed by atoms with E-state index in [9.17, 15) is 0 Å². The van der Waals surface area contributed by atoms with Gasteiger partial charge in [-0.05, 0) is 20.3 Å². The Morgan fingerprint density at radius 2 is 2.36 bits per heavy atom. The summed E-state index contributed by atoms with van der Waals surface area (Å²) >= 11 is 0. The number of nitrogen functional groups attached to an aromatic ring is 1. The lowest BCUT2D eigenvalue weighted by atomic mass is 10.3. The van der Waals surface area contributed by atoms with Crippen LogP contribution in [0.1, 0.15) is 32.0 Å². The Morgan fingerprint density at radius 3 is 2.73 bits per heavy atom. The third-order valence-corrected chi connectivity index (χ3v) is 1.90. The van der Waals surface area contributed by atoms with E-state index in [4.69, 9.17) is 5.73 Å². The molecule has 3 heteroatoms. The van der Waals surface area contributed by atoms with Gasteiger partial charge in [0.25, 0.3) is 0 Å². The highest BCUT2D eigenvalue weighted by molar-refractivity contribution is 5.30. The van der Waals surface area contributed by atoms with Gasteiger partial charge in [0, 0.05) is 6.07 Å². The monoisotopic (exact) mass is 153 g/mol. The summed E-state index contributed by atoms with van der Waals surface area (Å²) in [6.07, 6.45) is 1.06. The number of aromatic nitrogens is 2. The van der Waals surface area contributed by atoms with Crippen LogP contribution in [0.15, 0.2) is 6.07 Å². The Kier molecular flexibility index (Phi) is 2.17. The van der Waals surface area contributed by atoms with Gasteiger partial charge >= 0.3 is 0 Å². The molecule has 11 heavy (non-hydrogen) atoms. The second kappa shape index (κ2) is 2.95. The van der Waals surface area contributed by atoms with Crippen LogP contribution in [0.3, 0.4) is 0 Å². The quantitative estimate of drug-likeness (QED) is 0.703. The molecule has 0 aromatic carbocycles. The molecular formula is C8H15N3. The Hall–Kier alpha value is -0.990. The van der Waals surface area contributed by atoms with Crippen LogP contribution < -0.4 is 5.73 Å². The van der Waals surface area contributed by atoms with Crippen LogP contribution in [0.4, 0.5) is 5.82 Å². The zero-order valence-electron chi connectivity index (χ0n) is 7.33. The van der Waals surface area contributed by atoms with Crippen molar-refractivity contribution in [2.75, 3.05) is 5.73 Å². The summed E-state index contributed by atoms with van der Waals surface area (Å²) in [6.45, 7) is 6.19. The van der Waals surface area contributed by atoms with Gasteiger partial charge in [0.2, 0.25) is 0 Å². The SMILES string of the molecule is CCC(C)n1nc(C)cc1N. The fourth-order valence-corrected chi connectivity index (χ4v) is 1.06. The Bertz CT molecular complexity index is 239. The zero-order chi connectivity index (χ0) is 8.43. The van der Waals surface area contributed by atoms with Crippen LogP contribution in [0.2, 0.25) is 0 Å². The van der Waals surface area contributed by atoms with Crippen LogP contribution in [0.25, 0.3) is 0 Å². The number of rotatable bonds is 2. The van der Waals surface area contributed by atoms with Crippen molar-refractivity contribution in [3.63, 3.8) is 0 Å². The number of nitrogens with zero attached hydrogens (tertiary/aromatic N) is 2. The molecule has 0 radical (unpaired) electrons. The highest BCUT2D eigenvalue weighted by atomic mass is 15.3. The molecule has 0 saturated carbocycles. The lowest BCUT2D eigenvalue weighted by Gasteiger charge is -2.10. The first-order valence-electron chi connectivity index (χ1n) is 3.96. The second-order valence-corrected chi connectivity index (χ2v) is 2.91. The summed E-state index contributed by atoms with van der Waals surface area (Å²) in [6, 6.07) is 2.30. The second-order valence-electron chi connectivity index (χ2n) is 2.91. The molecule has 0 saturated heterocycles. The zero-order valence-corrected chi connectivity index (χ0v) is 7.33. The molecule has 3 nitrogen and oxygen atoms in total. The van der Waals surface area contributed by atoms with Gasteiger partial charge in [0.15, 0.2) is 0 Å². The van der Waals surface area contributed by atoms with Crippen molar-refractivity contribution in [1.29, 1.82) is 0 Å². The average Bonchev–Trinajstić information content (AvgIpc) is 2.28. The highest BCUT2D eigenvalue weighted by Gasteiger charge is 2.06. The maximum absolute atomic E-state index is 5.72. The first kappa shape index (κ1) is 8.11. The molecule has 1 atom stereocenters. The van der Waals surface area contributed by atoms with E-state index in [1.165, 1.54) is 0 Å². The van der Waals surface area contributed by atoms with Gasteiger partial charge in [-0.25, -0.2) is 4.68 Å². The van der Waals surface area contributed by atoms with Crippen LogP contribution in [-0.4, -0.2) is 9.78 Å². The fraction of sp³-hybridized carbons (Fsp3) is 0.625. The smallest absolute Gasteiger partial charge is 0.122 e. The van der Waals surface area contributed by atoms with Crippen molar-refractivity contribution in [1.82, 2.24) is 9.78 Å². The van der Waals surface area contributed by atoms with Gasteiger partial charge in [-0.2, -0.15) is 5.10 Å². The maximum atomic E-state index is 5.72. The van der Waals surface area contributed by atoms with E-state index in [1.807, 2.05) is 17.7 Å². The van der Waals surface area contributed by atoms with Gasteiger partial charge in [0.05, 0.1) is 11.7 Å². The molecule has 0 amide bonds. The molecule has 1 heterocycles. The largest absolute Gasteiger partial charge is 0.384 e. The lowest BCUT2D eigenvalue weighted by molar-refractivity contribution is 0.482. The number of aryl methyl sites for hydroxylation is 1. The van der Waals surface area contributed by atoms with Gasteiger partial charge in [-0.3, -0.25) is 0 Å². The fourth-order valence-electron chi connectivity index (χ4n) is 1.06.